The van der Waals surface area contributed by atoms with Crippen LogP contribution in [-0.2, 0) is 0 Å². The number of nitrogens with one attached hydrogen (secondary N) is 2. The van der Waals surface area contributed by atoms with E-state index in [0.29, 0.717) is 16.9 Å². The van der Waals surface area contributed by atoms with E-state index in [9.17, 15) is 9.59 Å². The third-order valence-electron chi connectivity index (χ3n) is 3.15. The number of hydrogen-bond acceptors (Lipinski definition) is 6. The van der Waals surface area contributed by atoms with Crippen LogP contribution in [0.5, 0.6) is 0 Å². The summed E-state index contributed by atoms with van der Waals surface area (Å²) in [7, 11) is 0. The summed E-state index contributed by atoms with van der Waals surface area (Å²) in [6, 6.07) is 11.6. The van der Waals surface area contributed by atoms with E-state index in [2.05, 4.69) is 31.4 Å². The summed E-state index contributed by atoms with van der Waals surface area (Å²) in [5.74, 6) is -0.934. The predicted octanol–water partition coefficient (Wildman–Crippen LogP) is 0.441. The number of carbonyl (C=O) groups is 2. The van der Waals surface area contributed by atoms with Gasteiger partial charge in [0.05, 0.1) is 5.69 Å². The summed E-state index contributed by atoms with van der Waals surface area (Å²) in [5, 5.41) is 10.8. The number of rotatable bonds is 3. The molecule has 9 heteroatoms. The van der Waals surface area contributed by atoms with E-state index >= 15 is 0 Å². The monoisotopic (exact) mass is 323 g/mol. The number of aryl methyl sites for hydroxylation is 1. The molecule has 0 bridgehead atoms. The molecule has 0 aliphatic carbocycles. The van der Waals surface area contributed by atoms with E-state index < -0.39 is 11.8 Å². The van der Waals surface area contributed by atoms with E-state index in [4.69, 9.17) is 0 Å². The number of tetrazole rings is 1. The van der Waals surface area contributed by atoms with Gasteiger partial charge in [0, 0.05) is 11.3 Å². The van der Waals surface area contributed by atoms with E-state index in [0.717, 1.165) is 0 Å². The summed E-state index contributed by atoms with van der Waals surface area (Å²) < 4.78 is 1.47. The maximum Gasteiger partial charge on any atom is 0.288 e. The molecule has 24 heavy (non-hydrogen) atoms. The minimum absolute atomic E-state index is 0.226. The van der Waals surface area contributed by atoms with Crippen LogP contribution in [0.1, 0.15) is 26.5 Å². The fourth-order valence-corrected chi connectivity index (χ4v) is 1.96. The Balaban J connectivity index is 1.62. The Hall–Kier alpha value is -3.62. The van der Waals surface area contributed by atoms with Crippen LogP contribution >= 0.6 is 0 Å². The van der Waals surface area contributed by atoms with Gasteiger partial charge in [0.15, 0.2) is 0 Å². The van der Waals surface area contributed by atoms with Crippen LogP contribution in [0.25, 0.3) is 5.69 Å². The van der Waals surface area contributed by atoms with E-state index in [1.807, 2.05) is 0 Å². The van der Waals surface area contributed by atoms with Crippen LogP contribution in [0.4, 0.5) is 0 Å². The number of amides is 2. The molecule has 0 atom stereocenters. The van der Waals surface area contributed by atoms with Crippen molar-refractivity contribution in [2.45, 2.75) is 6.92 Å². The molecule has 1 aromatic carbocycles. The zero-order valence-electron chi connectivity index (χ0n) is 12.7. The van der Waals surface area contributed by atoms with Gasteiger partial charge >= 0.3 is 0 Å². The lowest BCUT2D eigenvalue weighted by Gasteiger charge is -2.08. The molecule has 0 saturated heterocycles. The quantitative estimate of drug-likeness (QED) is 0.676. The lowest BCUT2D eigenvalue weighted by Crippen LogP contribution is -2.42. The van der Waals surface area contributed by atoms with Crippen molar-refractivity contribution in [2.75, 3.05) is 0 Å². The molecular formula is C15H13N7O2. The van der Waals surface area contributed by atoms with Gasteiger partial charge in [-0.1, -0.05) is 6.07 Å². The molecule has 0 unspecified atom stereocenters. The highest BCUT2D eigenvalue weighted by Crippen LogP contribution is 2.07. The summed E-state index contributed by atoms with van der Waals surface area (Å²) in [6.07, 6.45) is 1.45. The van der Waals surface area contributed by atoms with Crippen LogP contribution in [0, 0.1) is 6.92 Å². The van der Waals surface area contributed by atoms with Crippen molar-refractivity contribution in [1.82, 2.24) is 36.0 Å². The summed E-state index contributed by atoms with van der Waals surface area (Å²) in [5.41, 5.74) is 6.71. The van der Waals surface area contributed by atoms with Crippen molar-refractivity contribution in [3.63, 3.8) is 0 Å². The molecule has 0 saturated carbocycles. The van der Waals surface area contributed by atoms with Gasteiger partial charge in [0.25, 0.3) is 11.8 Å². The normalized spacial score (nSPS) is 10.2. The number of aromatic nitrogens is 5. The van der Waals surface area contributed by atoms with Gasteiger partial charge in [-0.05, 0) is 53.7 Å². The van der Waals surface area contributed by atoms with Crippen LogP contribution in [0.15, 0.2) is 48.8 Å². The Kier molecular flexibility index (Phi) is 4.23. The molecule has 120 valence electrons. The van der Waals surface area contributed by atoms with Crippen LogP contribution in [0.2, 0.25) is 0 Å². The highest BCUT2D eigenvalue weighted by molar-refractivity contribution is 5.98. The molecule has 2 aromatic heterocycles. The first kappa shape index (κ1) is 15.3. The Morgan fingerprint density at radius 2 is 1.75 bits per heavy atom. The van der Waals surface area contributed by atoms with E-state index in [1.165, 1.54) is 11.0 Å². The van der Waals surface area contributed by atoms with Crippen LogP contribution < -0.4 is 10.9 Å². The van der Waals surface area contributed by atoms with Crippen molar-refractivity contribution in [3.8, 4) is 5.69 Å². The average Bonchev–Trinajstić information content (AvgIpc) is 3.14. The standard InChI is InChI=1S/C15H13N7O2/c1-10-3-2-4-13(17-10)15(24)19-18-14(23)11-5-7-12(8-6-11)22-9-16-20-21-22/h2-9H,1H3,(H,18,23)(H,19,24). The number of pyridine rings is 1. The molecule has 2 N–H and O–H groups in total. The first-order valence-electron chi connectivity index (χ1n) is 7.01. The fourth-order valence-electron chi connectivity index (χ4n) is 1.96. The second-order valence-electron chi connectivity index (χ2n) is 4.87. The molecular weight excluding hydrogens is 310 g/mol. The summed E-state index contributed by atoms with van der Waals surface area (Å²) >= 11 is 0. The first-order valence-corrected chi connectivity index (χ1v) is 7.01. The lowest BCUT2D eigenvalue weighted by atomic mass is 10.2. The second kappa shape index (κ2) is 6.65. The molecule has 2 heterocycles. The van der Waals surface area contributed by atoms with E-state index in [1.54, 1.807) is 49.4 Å². The van der Waals surface area contributed by atoms with Crippen molar-refractivity contribution >= 4 is 11.8 Å². The first-order chi connectivity index (χ1) is 11.6. The molecule has 3 aromatic rings. The van der Waals surface area contributed by atoms with Gasteiger partial charge in [0.2, 0.25) is 0 Å². The molecule has 0 aliphatic rings. The minimum atomic E-state index is -0.489. The smallest absolute Gasteiger partial charge is 0.267 e. The molecule has 0 radical (unpaired) electrons. The maximum absolute atomic E-state index is 12.1. The Labute approximate surface area is 136 Å². The summed E-state index contributed by atoms with van der Waals surface area (Å²) in [4.78, 5) is 28.1. The second-order valence-corrected chi connectivity index (χ2v) is 4.87. The molecule has 3 rings (SSSR count). The number of benzene rings is 1. The van der Waals surface area contributed by atoms with Gasteiger partial charge in [0.1, 0.15) is 12.0 Å². The number of nitrogens with zero attached hydrogens (tertiary/aromatic N) is 5. The van der Waals surface area contributed by atoms with Gasteiger partial charge in [-0.3, -0.25) is 20.4 Å². The topological polar surface area (TPSA) is 115 Å². The van der Waals surface area contributed by atoms with Gasteiger partial charge in [-0.25, -0.2) is 9.67 Å². The Bertz CT molecular complexity index is 860. The van der Waals surface area contributed by atoms with Crippen molar-refractivity contribution in [1.29, 1.82) is 0 Å². The molecule has 0 spiro atoms. The predicted molar refractivity (Wildman–Crippen MR) is 83.1 cm³/mol. The highest BCUT2D eigenvalue weighted by atomic mass is 16.2. The Morgan fingerprint density at radius 1 is 1.00 bits per heavy atom. The largest absolute Gasteiger partial charge is 0.288 e. The minimum Gasteiger partial charge on any atom is -0.267 e. The van der Waals surface area contributed by atoms with E-state index in [-0.39, 0.29) is 5.69 Å². The number of carbonyl (C=O) groups excluding carboxylic acids is 2. The van der Waals surface area contributed by atoms with Crippen LogP contribution in [-0.4, -0.2) is 37.0 Å². The molecule has 0 fully saturated rings. The SMILES string of the molecule is Cc1cccc(C(=O)NNC(=O)c2ccc(-n3cnnn3)cc2)n1. The zero-order valence-corrected chi connectivity index (χ0v) is 12.7. The Morgan fingerprint density at radius 3 is 2.42 bits per heavy atom. The van der Waals surface area contributed by atoms with Gasteiger partial charge < -0.3 is 0 Å². The van der Waals surface area contributed by atoms with Crippen molar-refractivity contribution in [3.05, 3.63) is 65.7 Å². The third kappa shape index (κ3) is 3.40. The highest BCUT2D eigenvalue weighted by Gasteiger charge is 2.10. The van der Waals surface area contributed by atoms with Crippen molar-refractivity contribution < 1.29 is 9.59 Å². The fraction of sp³-hybridized carbons (Fsp3) is 0.0667. The number of hydrazine groups is 1. The zero-order chi connectivity index (χ0) is 16.9. The molecule has 2 amide bonds. The maximum atomic E-state index is 12.1. The third-order valence-corrected chi connectivity index (χ3v) is 3.15. The average molecular weight is 323 g/mol. The number of hydrogen-bond donors (Lipinski definition) is 2. The van der Waals surface area contributed by atoms with Crippen LogP contribution in [0.3, 0.4) is 0 Å². The van der Waals surface area contributed by atoms with Gasteiger partial charge in [-0.2, -0.15) is 0 Å². The van der Waals surface area contributed by atoms with Crippen molar-refractivity contribution in [2.24, 2.45) is 0 Å². The lowest BCUT2D eigenvalue weighted by molar-refractivity contribution is 0.0844. The summed E-state index contributed by atoms with van der Waals surface area (Å²) in [6.45, 7) is 1.78. The molecule has 9 nitrogen and oxygen atoms in total. The molecule has 0 aliphatic heterocycles. The van der Waals surface area contributed by atoms with Gasteiger partial charge in [-0.15, -0.1) is 5.10 Å².